The van der Waals surface area contributed by atoms with E-state index in [2.05, 4.69) is 27.3 Å². The molecule has 0 saturated carbocycles. The van der Waals surface area contributed by atoms with Gasteiger partial charge < -0.3 is 4.90 Å². The fourth-order valence-corrected chi connectivity index (χ4v) is 3.26. The lowest BCUT2D eigenvalue weighted by Gasteiger charge is -2.35. The van der Waals surface area contributed by atoms with Crippen LogP contribution in [0.5, 0.6) is 0 Å². The number of hydrogen-bond donors (Lipinski definition) is 0. The Kier molecular flexibility index (Phi) is 3.98. The SMILES string of the molecule is Fc1ccc(CN2CCN(c3cccs3)CC2)cc1F. The third-order valence-corrected chi connectivity index (χ3v) is 4.51. The predicted molar refractivity (Wildman–Crippen MR) is 78.2 cm³/mol. The molecule has 2 aromatic rings. The Morgan fingerprint density at radius 3 is 2.45 bits per heavy atom. The van der Waals surface area contributed by atoms with Crippen LogP contribution in [-0.2, 0) is 6.54 Å². The van der Waals surface area contributed by atoms with E-state index >= 15 is 0 Å². The molecule has 0 bridgehead atoms. The Labute approximate surface area is 121 Å². The molecular weight excluding hydrogens is 278 g/mol. The monoisotopic (exact) mass is 294 g/mol. The van der Waals surface area contributed by atoms with Gasteiger partial charge in [0, 0.05) is 32.7 Å². The van der Waals surface area contributed by atoms with Crippen LogP contribution >= 0.6 is 11.3 Å². The first-order chi connectivity index (χ1) is 9.72. The minimum atomic E-state index is -0.781. The minimum absolute atomic E-state index is 0.676. The van der Waals surface area contributed by atoms with E-state index in [9.17, 15) is 8.78 Å². The fraction of sp³-hybridized carbons (Fsp3) is 0.333. The molecule has 2 nitrogen and oxygen atoms in total. The van der Waals surface area contributed by atoms with Gasteiger partial charge in [-0.25, -0.2) is 8.78 Å². The lowest BCUT2D eigenvalue weighted by atomic mass is 10.2. The van der Waals surface area contributed by atoms with Gasteiger partial charge in [-0.3, -0.25) is 4.90 Å². The first kappa shape index (κ1) is 13.5. The first-order valence-electron chi connectivity index (χ1n) is 6.67. The summed E-state index contributed by atoms with van der Waals surface area (Å²) in [5, 5.41) is 3.39. The van der Waals surface area contributed by atoms with Gasteiger partial charge in [-0.1, -0.05) is 6.07 Å². The number of piperazine rings is 1. The smallest absolute Gasteiger partial charge is 0.159 e. The average molecular weight is 294 g/mol. The van der Waals surface area contributed by atoms with Crippen molar-refractivity contribution in [3.05, 3.63) is 52.9 Å². The zero-order valence-electron chi connectivity index (χ0n) is 11.1. The normalized spacial score (nSPS) is 16.6. The van der Waals surface area contributed by atoms with Crippen molar-refractivity contribution < 1.29 is 8.78 Å². The fourth-order valence-electron chi connectivity index (χ4n) is 2.47. The lowest BCUT2D eigenvalue weighted by Crippen LogP contribution is -2.45. The molecule has 1 aliphatic heterocycles. The molecule has 1 aromatic heterocycles. The Hall–Kier alpha value is -1.46. The molecular formula is C15H16F2N2S. The first-order valence-corrected chi connectivity index (χ1v) is 7.55. The van der Waals surface area contributed by atoms with E-state index in [1.54, 1.807) is 17.4 Å². The molecule has 0 aliphatic carbocycles. The summed E-state index contributed by atoms with van der Waals surface area (Å²) in [4.78, 5) is 4.64. The number of thiophene rings is 1. The second-order valence-corrected chi connectivity index (χ2v) is 5.89. The van der Waals surface area contributed by atoms with Crippen molar-refractivity contribution in [1.29, 1.82) is 0 Å². The summed E-state index contributed by atoms with van der Waals surface area (Å²) in [5.41, 5.74) is 0.827. The van der Waals surface area contributed by atoms with Crippen LogP contribution in [0.15, 0.2) is 35.7 Å². The summed E-state index contributed by atoms with van der Waals surface area (Å²) < 4.78 is 26.1. The van der Waals surface area contributed by atoms with Gasteiger partial charge in [-0.05, 0) is 35.2 Å². The summed E-state index contributed by atoms with van der Waals surface area (Å²) in [7, 11) is 0. The summed E-state index contributed by atoms with van der Waals surface area (Å²) in [6.07, 6.45) is 0. The molecule has 0 spiro atoms. The molecule has 20 heavy (non-hydrogen) atoms. The third-order valence-electron chi connectivity index (χ3n) is 3.58. The van der Waals surface area contributed by atoms with E-state index in [-0.39, 0.29) is 0 Å². The van der Waals surface area contributed by atoms with Crippen LogP contribution in [-0.4, -0.2) is 31.1 Å². The molecule has 0 amide bonds. The summed E-state index contributed by atoms with van der Waals surface area (Å²) >= 11 is 1.75. The highest BCUT2D eigenvalue weighted by molar-refractivity contribution is 7.14. The van der Waals surface area contributed by atoms with E-state index < -0.39 is 11.6 Å². The van der Waals surface area contributed by atoms with Crippen molar-refractivity contribution in [2.75, 3.05) is 31.1 Å². The molecule has 0 unspecified atom stereocenters. The summed E-state index contributed by atoms with van der Waals surface area (Å²) in [5.74, 6) is -1.55. The number of rotatable bonds is 3. The van der Waals surface area contributed by atoms with Gasteiger partial charge >= 0.3 is 0 Å². The van der Waals surface area contributed by atoms with E-state index in [1.165, 1.54) is 17.1 Å². The molecule has 1 saturated heterocycles. The molecule has 5 heteroatoms. The van der Waals surface area contributed by atoms with Gasteiger partial charge in [0.2, 0.25) is 0 Å². The Bertz CT molecular complexity index is 563. The number of hydrogen-bond acceptors (Lipinski definition) is 3. The van der Waals surface area contributed by atoms with Crippen LogP contribution in [0.4, 0.5) is 13.8 Å². The molecule has 1 aliphatic rings. The molecule has 0 N–H and O–H groups in total. The second kappa shape index (κ2) is 5.89. The van der Waals surface area contributed by atoms with Crippen molar-refractivity contribution in [2.45, 2.75) is 6.54 Å². The quantitative estimate of drug-likeness (QED) is 0.856. The maximum absolute atomic E-state index is 13.2. The molecule has 106 valence electrons. The molecule has 1 fully saturated rings. The van der Waals surface area contributed by atoms with Gasteiger partial charge in [-0.15, -0.1) is 11.3 Å². The number of halogens is 2. The van der Waals surface area contributed by atoms with E-state index in [0.717, 1.165) is 31.7 Å². The summed E-state index contributed by atoms with van der Waals surface area (Å²) in [6.45, 7) is 4.51. The highest BCUT2D eigenvalue weighted by Gasteiger charge is 2.18. The molecule has 0 atom stereocenters. The van der Waals surface area contributed by atoms with Crippen molar-refractivity contribution in [3.8, 4) is 0 Å². The van der Waals surface area contributed by atoms with Crippen molar-refractivity contribution in [2.24, 2.45) is 0 Å². The minimum Gasteiger partial charge on any atom is -0.361 e. The maximum Gasteiger partial charge on any atom is 0.159 e. The predicted octanol–water partition coefficient (Wildman–Crippen LogP) is 3.35. The molecule has 3 rings (SSSR count). The Morgan fingerprint density at radius 1 is 1.00 bits per heavy atom. The molecule has 0 radical (unpaired) electrons. The van der Waals surface area contributed by atoms with Gasteiger partial charge in [0.1, 0.15) is 0 Å². The largest absolute Gasteiger partial charge is 0.361 e. The van der Waals surface area contributed by atoms with Crippen molar-refractivity contribution >= 4 is 16.3 Å². The lowest BCUT2D eigenvalue weighted by molar-refractivity contribution is 0.250. The topological polar surface area (TPSA) is 6.48 Å². The van der Waals surface area contributed by atoms with Crippen LogP contribution < -0.4 is 4.90 Å². The van der Waals surface area contributed by atoms with Gasteiger partial charge in [0.15, 0.2) is 11.6 Å². The highest BCUT2D eigenvalue weighted by Crippen LogP contribution is 2.23. The van der Waals surface area contributed by atoms with Gasteiger partial charge in [0.05, 0.1) is 5.00 Å². The van der Waals surface area contributed by atoms with Crippen LogP contribution in [0.2, 0.25) is 0 Å². The number of nitrogens with zero attached hydrogens (tertiary/aromatic N) is 2. The van der Waals surface area contributed by atoms with E-state index in [1.807, 2.05) is 0 Å². The molecule has 2 heterocycles. The van der Waals surface area contributed by atoms with Crippen LogP contribution in [0, 0.1) is 11.6 Å². The van der Waals surface area contributed by atoms with E-state index in [0.29, 0.717) is 6.54 Å². The third kappa shape index (κ3) is 2.99. The Morgan fingerprint density at radius 2 is 1.80 bits per heavy atom. The second-order valence-electron chi connectivity index (χ2n) is 4.96. The maximum atomic E-state index is 13.2. The van der Waals surface area contributed by atoms with Crippen molar-refractivity contribution in [1.82, 2.24) is 4.90 Å². The van der Waals surface area contributed by atoms with Gasteiger partial charge in [-0.2, -0.15) is 0 Å². The standard InChI is InChI=1S/C15H16F2N2S/c16-13-4-3-12(10-14(13)17)11-18-5-7-19(8-6-18)15-2-1-9-20-15/h1-4,9-10H,5-8,11H2. The van der Waals surface area contributed by atoms with E-state index in [4.69, 9.17) is 0 Å². The average Bonchev–Trinajstić information content (AvgIpc) is 2.98. The number of benzene rings is 1. The zero-order valence-corrected chi connectivity index (χ0v) is 11.9. The number of anilines is 1. The Balaban J connectivity index is 1.57. The summed E-state index contributed by atoms with van der Waals surface area (Å²) in [6, 6.07) is 8.35. The van der Waals surface area contributed by atoms with Crippen LogP contribution in [0.25, 0.3) is 0 Å². The molecule has 1 aromatic carbocycles. The van der Waals surface area contributed by atoms with Crippen LogP contribution in [0.3, 0.4) is 0 Å². The van der Waals surface area contributed by atoms with Gasteiger partial charge in [0.25, 0.3) is 0 Å². The van der Waals surface area contributed by atoms with Crippen LogP contribution in [0.1, 0.15) is 5.56 Å². The van der Waals surface area contributed by atoms with Crippen molar-refractivity contribution in [3.63, 3.8) is 0 Å². The highest BCUT2D eigenvalue weighted by atomic mass is 32.1. The zero-order chi connectivity index (χ0) is 13.9.